The monoisotopic (exact) mass is 438 g/mol. The summed E-state index contributed by atoms with van der Waals surface area (Å²) in [6, 6.07) is 8.30. The Morgan fingerprint density at radius 1 is 1.10 bits per heavy atom. The first-order valence-electron chi connectivity index (χ1n) is 8.89. The lowest BCUT2D eigenvalue weighted by Crippen LogP contribution is -2.35. The highest BCUT2D eigenvalue weighted by Crippen LogP contribution is 2.23. The van der Waals surface area contributed by atoms with Gasteiger partial charge in [-0.25, -0.2) is 26.5 Å². The third kappa shape index (κ3) is 5.38. The molecule has 0 radical (unpaired) electrons. The minimum absolute atomic E-state index is 0.00531. The van der Waals surface area contributed by atoms with Crippen LogP contribution in [-0.4, -0.2) is 51.7 Å². The molecule has 2 N–H and O–H groups in total. The van der Waals surface area contributed by atoms with Crippen molar-refractivity contribution in [2.45, 2.75) is 35.6 Å². The third-order valence-corrected chi connectivity index (χ3v) is 7.64. The number of pyridine rings is 1. The van der Waals surface area contributed by atoms with Crippen molar-refractivity contribution in [1.29, 1.82) is 0 Å². The van der Waals surface area contributed by atoms with Gasteiger partial charge in [0.25, 0.3) is 0 Å². The smallest absolute Gasteiger partial charge is 0.243 e. The van der Waals surface area contributed by atoms with Gasteiger partial charge in [-0.1, -0.05) is 0 Å². The number of rotatable bonds is 8. The molecule has 1 fully saturated rings. The fourth-order valence-electron chi connectivity index (χ4n) is 2.53. The molecule has 1 aliphatic carbocycles. The predicted molar refractivity (Wildman–Crippen MR) is 107 cm³/mol. The summed E-state index contributed by atoms with van der Waals surface area (Å²) in [5, 5.41) is 2.55. The first kappa shape index (κ1) is 21.4. The van der Waals surface area contributed by atoms with E-state index in [1.165, 1.54) is 31.3 Å². The number of anilines is 1. The van der Waals surface area contributed by atoms with E-state index < -0.39 is 32.5 Å². The Hall–Kier alpha value is -2.34. The molecule has 3 rings (SSSR count). The topological polar surface area (TPSA) is 126 Å². The van der Waals surface area contributed by atoms with Gasteiger partial charge in [-0.05, 0) is 61.7 Å². The maximum atomic E-state index is 12.7. The molecular formula is C18H22N4O5S2. The molecule has 11 heteroatoms. The van der Waals surface area contributed by atoms with Crippen LogP contribution in [-0.2, 0) is 24.8 Å². The summed E-state index contributed by atoms with van der Waals surface area (Å²) in [5.74, 6) is -0.208. The molecule has 1 aromatic heterocycles. The molecule has 156 valence electrons. The van der Waals surface area contributed by atoms with Crippen molar-refractivity contribution < 1.29 is 21.6 Å². The SMILES string of the molecule is Cc1ccnc(NC(=O)CN(C)S(=O)(=O)c2ccc(S(=O)(=O)NC3CC3)cc2)c1. The number of nitrogens with one attached hydrogen (secondary N) is 2. The lowest BCUT2D eigenvalue weighted by molar-refractivity contribution is -0.116. The van der Waals surface area contributed by atoms with E-state index in [9.17, 15) is 21.6 Å². The average molecular weight is 439 g/mol. The van der Waals surface area contributed by atoms with Crippen molar-refractivity contribution in [2.24, 2.45) is 0 Å². The molecule has 9 nitrogen and oxygen atoms in total. The molecule has 0 bridgehead atoms. The van der Waals surface area contributed by atoms with Gasteiger partial charge in [-0.15, -0.1) is 0 Å². The van der Waals surface area contributed by atoms with Gasteiger partial charge in [0.1, 0.15) is 5.82 Å². The molecule has 1 aromatic carbocycles. The lowest BCUT2D eigenvalue weighted by Gasteiger charge is -2.17. The molecule has 1 amide bonds. The van der Waals surface area contributed by atoms with E-state index in [0.29, 0.717) is 5.82 Å². The number of likely N-dealkylation sites (N-methyl/N-ethyl adjacent to an activating group) is 1. The van der Waals surface area contributed by atoms with Gasteiger partial charge in [0, 0.05) is 19.3 Å². The number of sulfonamides is 2. The molecular weight excluding hydrogens is 416 g/mol. The number of aryl methyl sites for hydroxylation is 1. The van der Waals surface area contributed by atoms with E-state index in [0.717, 1.165) is 22.7 Å². The molecule has 0 unspecified atom stereocenters. The minimum Gasteiger partial charge on any atom is -0.310 e. The molecule has 0 saturated heterocycles. The number of hydrogen-bond donors (Lipinski definition) is 2. The maximum Gasteiger partial charge on any atom is 0.243 e. The van der Waals surface area contributed by atoms with Gasteiger partial charge in [0.15, 0.2) is 0 Å². The van der Waals surface area contributed by atoms with Gasteiger partial charge in [0.2, 0.25) is 26.0 Å². The Morgan fingerprint density at radius 2 is 1.72 bits per heavy atom. The largest absolute Gasteiger partial charge is 0.310 e. The van der Waals surface area contributed by atoms with Crippen LogP contribution in [0.25, 0.3) is 0 Å². The molecule has 1 saturated carbocycles. The van der Waals surface area contributed by atoms with Crippen LogP contribution in [0.2, 0.25) is 0 Å². The second kappa shape index (κ2) is 8.19. The third-order valence-electron chi connectivity index (χ3n) is 4.29. The van der Waals surface area contributed by atoms with Crippen LogP contribution in [0, 0.1) is 6.92 Å². The summed E-state index contributed by atoms with van der Waals surface area (Å²) in [6.07, 6.45) is 3.15. The van der Waals surface area contributed by atoms with E-state index in [1.54, 1.807) is 18.3 Å². The highest BCUT2D eigenvalue weighted by atomic mass is 32.2. The average Bonchev–Trinajstić information content (AvgIpc) is 3.45. The fourth-order valence-corrected chi connectivity index (χ4v) is 4.97. The van der Waals surface area contributed by atoms with Gasteiger partial charge < -0.3 is 5.32 Å². The first-order valence-corrected chi connectivity index (χ1v) is 11.8. The zero-order valence-corrected chi connectivity index (χ0v) is 17.6. The zero-order chi connectivity index (χ0) is 21.2. The summed E-state index contributed by atoms with van der Waals surface area (Å²) in [7, 11) is -6.36. The zero-order valence-electron chi connectivity index (χ0n) is 16.0. The summed E-state index contributed by atoms with van der Waals surface area (Å²) in [4.78, 5) is 16.1. The Morgan fingerprint density at radius 3 is 2.31 bits per heavy atom. The van der Waals surface area contributed by atoms with Crippen LogP contribution >= 0.6 is 0 Å². The van der Waals surface area contributed by atoms with Gasteiger partial charge in [-0.2, -0.15) is 4.31 Å². The summed E-state index contributed by atoms with van der Waals surface area (Å²) in [6.45, 7) is 1.43. The number of amides is 1. The quantitative estimate of drug-likeness (QED) is 0.635. The minimum atomic E-state index is -3.97. The van der Waals surface area contributed by atoms with E-state index in [2.05, 4.69) is 15.0 Å². The van der Waals surface area contributed by atoms with Crippen molar-refractivity contribution in [3.8, 4) is 0 Å². The summed E-state index contributed by atoms with van der Waals surface area (Å²) < 4.78 is 53.2. The summed E-state index contributed by atoms with van der Waals surface area (Å²) >= 11 is 0. The van der Waals surface area contributed by atoms with Crippen molar-refractivity contribution in [1.82, 2.24) is 14.0 Å². The molecule has 0 atom stereocenters. The van der Waals surface area contributed by atoms with E-state index in [4.69, 9.17) is 0 Å². The Balaban J connectivity index is 1.68. The van der Waals surface area contributed by atoms with Gasteiger partial charge >= 0.3 is 0 Å². The van der Waals surface area contributed by atoms with E-state index >= 15 is 0 Å². The molecule has 29 heavy (non-hydrogen) atoms. The van der Waals surface area contributed by atoms with Crippen LogP contribution in [0.5, 0.6) is 0 Å². The molecule has 1 heterocycles. The highest BCUT2D eigenvalue weighted by Gasteiger charge is 2.29. The van der Waals surface area contributed by atoms with Gasteiger partial charge in [0.05, 0.1) is 16.3 Å². The number of carbonyl (C=O) groups is 1. The van der Waals surface area contributed by atoms with E-state index in [-0.39, 0.29) is 15.8 Å². The second-order valence-electron chi connectivity index (χ2n) is 6.89. The second-order valence-corrected chi connectivity index (χ2v) is 10.7. The van der Waals surface area contributed by atoms with Crippen LogP contribution in [0.4, 0.5) is 5.82 Å². The Kier molecular flexibility index (Phi) is 6.03. The normalized spacial score (nSPS) is 14.7. The van der Waals surface area contributed by atoms with Crippen molar-refractivity contribution in [3.63, 3.8) is 0 Å². The van der Waals surface area contributed by atoms with Crippen molar-refractivity contribution >= 4 is 31.8 Å². The van der Waals surface area contributed by atoms with Gasteiger partial charge in [-0.3, -0.25) is 4.79 Å². The van der Waals surface area contributed by atoms with Crippen LogP contribution in [0.15, 0.2) is 52.4 Å². The van der Waals surface area contributed by atoms with Crippen LogP contribution in [0.1, 0.15) is 18.4 Å². The standard InChI is InChI=1S/C18H22N4O5S2/c1-13-9-10-19-17(11-13)20-18(23)12-22(2)29(26,27)16-7-5-15(6-8-16)28(24,25)21-14-3-4-14/h5-11,14,21H,3-4,12H2,1-2H3,(H,19,20,23). The number of benzene rings is 1. The lowest BCUT2D eigenvalue weighted by atomic mass is 10.3. The molecule has 0 spiro atoms. The number of nitrogens with zero attached hydrogens (tertiary/aromatic N) is 2. The Labute approximate surface area is 170 Å². The molecule has 1 aliphatic rings. The van der Waals surface area contributed by atoms with Crippen LogP contribution in [0.3, 0.4) is 0 Å². The predicted octanol–water partition coefficient (Wildman–Crippen LogP) is 1.09. The number of aromatic nitrogens is 1. The van der Waals surface area contributed by atoms with Crippen molar-refractivity contribution in [2.75, 3.05) is 18.9 Å². The number of carbonyl (C=O) groups excluding carboxylic acids is 1. The maximum absolute atomic E-state index is 12.7. The fraction of sp³-hybridized carbons (Fsp3) is 0.333. The van der Waals surface area contributed by atoms with Crippen molar-refractivity contribution in [3.05, 3.63) is 48.2 Å². The number of hydrogen-bond acceptors (Lipinski definition) is 6. The van der Waals surface area contributed by atoms with Crippen LogP contribution < -0.4 is 10.0 Å². The highest BCUT2D eigenvalue weighted by molar-refractivity contribution is 7.89. The molecule has 0 aliphatic heterocycles. The Bertz CT molecular complexity index is 1110. The molecule has 2 aromatic rings. The summed E-state index contributed by atoms with van der Waals surface area (Å²) in [5.41, 5.74) is 0.905. The van der Waals surface area contributed by atoms with E-state index in [1.807, 2.05) is 6.92 Å². The first-order chi connectivity index (χ1) is 13.6.